The molecule has 0 spiro atoms. The van der Waals surface area contributed by atoms with Crippen LogP contribution in [0.15, 0.2) is 24.3 Å². The SMILES string of the molecule is Cc1ccc(CCC(=O)N(C)CCN(C)C)cc1. The fourth-order valence-corrected chi connectivity index (χ4v) is 1.67. The maximum absolute atomic E-state index is 11.9. The van der Waals surface area contributed by atoms with E-state index in [1.807, 2.05) is 26.0 Å². The molecular formula is C15H24N2O. The Kier molecular flexibility index (Phi) is 5.86. The lowest BCUT2D eigenvalue weighted by Crippen LogP contribution is -2.33. The van der Waals surface area contributed by atoms with Gasteiger partial charge in [0.25, 0.3) is 0 Å². The largest absolute Gasteiger partial charge is 0.344 e. The van der Waals surface area contributed by atoms with Crippen LogP contribution in [-0.4, -0.2) is 49.9 Å². The van der Waals surface area contributed by atoms with Crippen molar-refractivity contribution in [1.82, 2.24) is 9.80 Å². The van der Waals surface area contributed by atoms with Crippen molar-refractivity contribution < 1.29 is 4.79 Å². The van der Waals surface area contributed by atoms with Crippen molar-refractivity contribution >= 4 is 5.91 Å². The third kappa shape index (κ3) is 5.32. The van der Waals surface area contributed by atoms with E-state index in [0.717, 1.165) is 19.5 Å². The molecule has 0 atom stereocenters. The second kappa shape index (κ2) is 7.17. The molecule has 1 rings (SSSR count). The number of hydrogen-bond acceptors (Lipinski definition) is 2. The van der Waals surface area contributed by atoms with Gasteiger partial charge < -0.3 is 9.80 Å². The third-order valence-electron chi connectivity index (χ3n) is 3.06. The molecule has 0 aromatic heterocycles. The van der Waals surface area contributed by atoms with Crippen molar-refractivity contribution in [3.8, 4) is 0 Å². The van der Waals surface area contributed by atoms with Gasteiger partial charge in [-0.15, -0.1) is 0 Å². The minimum Gasteiger partial charge on any atom is -0.344 e. The Morgan fingerprint density at radius 3 is 2.22 bits per heavy atom. The average molecular weight is 248 g/mol. The number of carbonyl (C=O) groups excluding carboxylic acids is 1. The normalized spacial score (nSPS) is 10.7. The lowest BCUT2D eigenvalue weighted by molar-refractivity contribution is -0.129. The van der Waals surface area contributed by atoms with E-state index in [1.165, 1.54) is 11.1 Å². The van der Waals surface area contributed by atoms with Crippen LogP contribution >= 0.6 is 0 Å². The van der Waals surface area contributed by atoms with Gasteiger partial charge in [-0.2, -0.15) is 0 Å². The first kappa shape index (κ1) is 14.7. The predicted octanol–water partition coefficient (Wildman–Crippen LogP) is 1.95. The van der Waals surface area contributed by atoms with E-state index in [-0.39, 0.29) is 5.91 Å². The highest BCUT2D eigenvalue weighted by Crippen LogP contribution is 2.06. The van der Waals surface area contributed by atoms with Crippen molar-refractivity contribution in [2.24, 2.45) is 0 Å². The van der Waals surface area contributed by atoms with Gasteiger partial charge in [-0.3, -0.25) is 4.79 Å². The molecule has 0 aliphatic rings. The summed E-state index contributed by atoms with van der Waals surface area (Å²) >= 11 is 0. The summed E-state index contributed by atoms with van der Waals surface area (Å²) in [4.78, 5) is 15.8. The number of rotatable bonds is 6. The second-order valence-corrected chi connectivity index (χ2v) is 5.10. The van der Waals surface area contributed by atoms with E-state index in [2.05, 4.69) is 36.1 Å². The Morgan fingerprint density at radius 2 is 1.67 bits per heavy atom. The molecule has 0 heterocycles. The molecule has 0 aliphatic carbocycles. The molecule has 3 heteroatoms. The van der Waals surface area contributed by atoms with Gasteiger partial charge in [0.1, 0.15) is 0 Å². The van der Waals surface area contributed by atoms with Crippen LogP contribution in [0.2, 0.25) is 0 Å². The van der Waals surface area contributed by atoms with Gasteiger partial charge in [0.2, 0.25) is 5.91 Å². The van der Waals surface area contributed by atoms with Crippen LogP contribution in [0.3, 0.4) is 0 Å². The standard InChI is InChI=1S/C15H24N2O/c1-13-5-7-14(8-6-13)9-10-15(18)17(4)12-11-16(2)3/h5-8H,9-12H2,1-4H3. The highest BCUT2D eigenvalue weighted by atomic mass is 16.2. The van der Waals surface area contributed by atoms with E-state index in [1.54, 1.807) is 0 Å². The molecule has 0 aliphatic heterocycles. The minimum absolute atomic E-state index is 0.220. The molecule has 0 saturated heterocycles. The number of hydrogen-bond donors (Lipinski definition) is 0. The number of carbonyl (C=O) groups is 1. The molecule has 3 nitrogen and oxygen atoms in total. The maximum atomic E-state index is 11.9. The molecule has 100 valence electrons. The topological polar surface area (TPSA) is 23.6 Å². The fraction of sp³-hybridized carbons (Fsp3) is 0.533. The second-order valence-electron chi connectivity index (χ2n) is 5.10. The van der Waals surface area contributed by atoms with Crippen LogP contribution in [0.25, 0.3) is 0 Å². The summed E-state index contributed by atoms with van der Waals surface area (Å²) in [5.74, 6) is 0.220. The van der Waals surface area contributed by atoms with Gasteiger partial charge in [-0.05, 0) is 33.0 Å². The van der Waals surface area contributed by atoms with Crippen molar-refractivity contribution in [1.29, 1.82) is 0 Å². The lowest BCUT2D eigenvalue weighted by atomic mass is 10.1. The molecule has 1 amide bonds. The third-order valence-corrected chi connectivity index (χ3v) is 3.06. The number of nitrogens with zero attached hydrogens (tertiary/aromatic N) is 2. The molecule has 18 heavy (non-hydrogen) atoms. The summed E-state index contributed by atoms with van der Waals surface area (Å²) in [6, 6.07) is 8.38. The van der Waals surface area contributed by atoms with Crippen molar-refractivity contribution in [2.45, 2.75) is 19.8 Å². The van der Waals surface area contributed by atoms with Crippen molar-refractivity contribution in [3.05, 3.63) is 35.4 Å². The highest BCUT2D eigenvalue weighted by Gasteiger charge is 2.08. The zero-order chi connectivity index (χ0) is 13.5. The summed E-state index contributed by atoms with van der Waals surface area (Å²) in [5.41, 5.74) is 2.49. The van der Waals surface area contributed by atoms with Gasteiger partial charge in [0.05, 0.1) is 0 Å². The zero-order valence-electron chi connectivity index (χ0n) is 11.9. The Labute approximate surface area is 110 Å². The summed E-state index contributed by atoms with van der Waals surface area (Å²) < 4.78 is 0. The van der Waals surface area contributed by atoms with Gasteiger partial charge in [0, 0.05) is 26.6 Å². The molecule has 1 aromatic carbocycles. The Morgan fingerprint density at radius 1 is 1.06 bits per heavy atom. The number of benzene rings is 1. The smallest absolute Gasteiger partial charge is 0.222 e. The van der Waals surface area contributed by atoms with E-state index in [4.69, 9.17) is 0 Å². The molecule has 0 N–H and O–H groups in total. The van der Waals surface area contributed by atoms with Gasteiger partial charge >= 0.3 is 0 Å². The van der Waals surface area contributed by atoms with Crippen molar-refractivity contribution in [2.75, 3.05) is 34.2 Å². The van der Waals surface area contributed by atoms with E-state index >= 15 is 0 Å². The average Bonchev–Trinajstić information content (AvgIpc) is 2.34. The zero-order valence-corrected chi connectivity index (χ0v) is 11.9. The number of amides is 1. The first-order valence-corrected chi connectivity index (χ1v) is 6.43. The van der Waals surface area contributed by atoms with Crippen LogP contribution < -0.4 is 0 Å². The molecule has 0 radical (unpaired) electrons. The van der Waals surface area contributed by atoms with Crippen molar-refractivity contribution in [3.63, 3.8) is 0 Å². The highest BCUT2D eigenvalue weighted by molar-refractivity contribution is 5.76. The summed E-state index contributed by atoms with van der Waals surface area (Å²) in [6.07, 6.45) is 1.42. The van der Waals surface area contributed by atoms with E-state index < -0.39 is 0 Å². The maximum Gasteiger partial charge on any atom is 0.222 e. The van der Waals surface area contributed by atoms with Crippen LogP contribution in [0.4, 0.5) is 0 Å². The van der Waals surface area contributed by atoms with Gasteiger partial charge in [-0.25, -0.2) is 0 Å². The van der Waals surface area contributed by atoms with Crippen LogP contribution in [0.1, 0.15) is 17.5 Å². The van der Waals surface area contributed by atoms with E-state index in [0.29, 0.717) is 6.42 Å². The summed E-state index contributed by atoms with van der Waals surface area (Å²) in [6.45, 7) is 3.77. The Bertz CT molecular complexity index is 371. The quantitative estimate of drug-likeness (QED) is 0.768. The number of aryl methyl sites for hydroxylation is 2. The van der Waals surface area contributed by atoms with E-state index in [9.17, 15) is 4.79 Å². The van der Waals surface area contributed by atoms with Crippen LogP contribution in [0.5, 0.6) is 0 Å². The Hall–Kier alpha value is -1.35. The summed E-state index contributed by atoms with van der Waals surface area (Å²) in [7, 11) is 5.91. The van der Waals surface area contributed by atoms with Crippen LogP contribution in [-0.2, 0) is 11.2 Å². The Balaban J connectivity index is 2.34. The molecule has 0 fully saturated rings. The molecule has 0 saturated carbocycles. The van der Waals surface area contributed by atoms with Gasteiger partial charge in [0.15, 0.2) is 0 Å². The fourth-order valence-electron chi connectivity index (χ4n) is 1.67. The summed E-state index contributed by atoms with van der Waals surface area (Å²) in [5, 5.41) is 0. The van der Waals surface area contributed by atoms with Crippen LogP contribution in [0, 0.1) is 6.92 Å². The monoisotopic (exact) mass is 248 g/mol. The molecular weight excluding hydrogens is 224 g/mol. The first-order chi connectivity index (χ1) is 8.49. The lowest BCUT2D eigenvalue weighted by Gasteiger charge is -2.19. The van der Waals surface area contributed by atoms with Gasteiger partial charge in [-0.1, -0.05) is 29.8 Å². The number of likely N-dealkylation sites (N-methyl/N-ethyl adjacent to an activating group) is 2. The minimum atomic E-state index is 0.220. The molecule has 1 aromatic rings. The first-order valence-electron chi connectivity index (χ1n) is 6.43. The molecule has 0 bridgehead atoms. The molecule has 0 unspecified atom stereocenters. The predicted molar refractivity (Wildman–Crippen MR) is 75.7 cm³/mol.